The van der Waals surface area contributed by atoms with Crippen LogP contribution in [0.25, 0.3) is 0 Å². The van der Waals surface area contributed by atoms with Crippen LogP contribution in [0.4, 0.5) is 17.8 Å². The number of aromatic nitrogens is 3. The molecular formula is C13H23N7S. The molecule has 0 aromatic carbocycles. The molecule has 0 amide bonds. The summed E-state index contributed by atoms with van der Waals surface area (Å²) >= 11 is 2.04. The maximum atomic E-state index is 5.47. The average Bonchev–Trinajstić information content (AvgIpc) is 3.08. The second-order valence-corrected chi connectivity index (χ2v) is 6.78. The maximum absolute atomic E-state index is 5.47. The lowest BCUT2D eigenvalue weighted by atomic mass is 10.0. The first-order chi connectivity index (χ1) is 10.3. The first kappa shape index (κ1) is 14.6. The van der Waals surface area contributed by atoms with Gasteiger partial charge in [-0.2, -0.15) is 26.7 Å². The summed E-state index contributed by atoms with van der Waals surface area (Å²) < 4.78 is 0. The van der Waals surface area contributed by atoms with Gasteiger partial charge in [0.15, 0.2) is 0 Å². The highest BCUT2D eigenvalue weighted by Gasteiger charge is 2.18. The van der Waals surface area contributed by atoms with Gasteiger partial charge in [0.25, 0.3) is 0 Å². The normalized spacial score (nSPS) is 19.8. The molecule has 2 fully saturated rings. The fourth-order valence-corrected chi connectivity index (χ4v) is 3.96. The van der Waals surface area contributed by atoms with E-state index in [0.29, 0.717) is 17.8 Å². The van der Waals surface area contributed by atoms with Crippen LogP contribution in [0, 0.1) is 5.92 Å². The Bertz CT molecular complexity index is 458. The van der Waals surface area contributed by atoms with Gasteiger partial charge in [-0.1, -0.05) is 0 Å². The lowest BCUT2D eigenvalue weighted by Crippen LogP contribution is -2.25. The van der Waals surface area contributed by atoms with Crippen molar-refractivity contribution in [2.24, 2.45) is 11.8 Å². The quantitative estimate of drug-likeness (QED) is 0.554. The third kappa shape index (κ3) is 3.88. The van der Waals surface area contributed by atoms with Gasteiger partial charge < -0.3 is 10.2 Å². The number of anilines is 3. The van der Waals surface area contributed by atoms with Gasteiger partial charge in [-0.05, 0) is 43.1 Å². The molecule has 0 radical (unpaired) electrons. The van der Waals surface area contributed by atoms with Crippen LogP contribution in [-0.4, -0.2) is 46.1 Å². The van der Waals surface area contributed by atoms with Crippen molar-refractivity contribution in [3.05, 3.63) is 0 Å². The summed E-state index contributed by atoms with van der Waals surface area (Å²) in [5, 5.41) is 3.36. The molecule has 1 aromatic rings. The van der Waals surface area contributed by atoms with Gasteiger partial charge in [0.2, 0.25) is 17.8 Å². The van der Waals surface area contributed by atoms with Crippen LogP contribution in [0.1, 0.15) is 25.7 Å². The summed E-state index contributed by atoms with van der Waals surface area (Å²) in [4.78, 5) is 15.4. The number of nitrogens with two attached hydrogens (primary N) is 1. The second-order valence-electron chi connectivity index (χ2n) is 5.56. The van der Waals surface area contributed by atoms with Crippen molar-refractivity contribution in [1.82, 2.24) is 15.0 Å². The van der Waals surface area contributed by atoms with Gasteiger partial charge in [-0.25, -0.2) is 5.84 Å². The summed E-state index contributed by atoms with van der Waals surface area (Å²) in [6, 6.07) is 0. The summed E-state index contributed by atoms with van der Waals surface area (Å²) in [7, 11) is 0. The Labute approximate surface area is 129 Å². The fraction of sp³-hybridized carbons (Fsp3) is 0.769. The lowest BCUT2D eigenvalue weighted by molar-refractivity contribution is 0.514. The summed E-state index contributed by atoms with van der Waals surface area (Å²) in [5.74, 6) is 10.5. The monoisotopic (exact) mass is 309 g/mol. The van der Waals surface area contributed by atoms with Gasteiger partial charge in [0.1, 0.15) is 0 Å². The number of nitrogens with one attached hydrogen (secondary N) is 2. The SMILES string of the molecule is NNc1nc(NCC2CCSCC2)nc(N2CCCC2)n1. The highest BCUT2D eigenvalue weighted by molar-refractivity contribution is 7.99. The van der Waals surface area contributed by atoms with Crippen LogP contribution >= 0.6 is 11.8 Å². The van der Waals surface area contributed by atoms with Crippen LogP contribution < -0.4 is 21.5 Å². The van der Waals surface area contributed by atoms with Gasteiger partial charge in [-0.15, -0.1) is 0 Å². The van der Waals surface area contributed by atoms with Gasteiger partial charge >= 0.3 is 0 Å². The van der Waals surface area contributed by atoms with E-state index in [0.717, 1.165) is 25.6 Å². The topological polar surface area (TPSA) is 92.0 Å². The molecule has 2 aliphatic heterocycles. The van der Waals surface area contributed by atoms with E-state index in [4.69, 9.17) is 5.84 Å². The first-order valence-corrected chi connectivity index (χ1v) is 8.80. The molecule has 3 rings (SSSR count). The Morgan fingerprint density at radius 1 is 1.10 bits per heavy atom. The molecular weight excluding hydrogens is 286 g/mol. The van der Waals surface area contributed by atoms with E-state index in [1.54, 1.807) is 0 Å². The summed E-state index contributed by atoms with van der Waals surface area (Å²) in [5.41, 5.74) is 2.54. The van der Waals surface area contributed by atoms with E-state index in [-0.39, 0.29) is 0 Å². The number of nitrogen functional groups attached to an aromatic ring is 1. The molecule has 116 valence electrons. The largest absolute Gasteiger partial charge is 0.354 e. The van der Waals surface area contributed by atoms with E-state index in [2.05, 4.69) is 30.6 Å². The average molecular weight is 309 g/mol. The van der Waals surface area contributed by atoms with Crippen molar-refractivity contribution in [1.29, 1.82) is 0 Å². The van der Waals surface area contributed by atoms with E-state index in [1.165, 1.54) is 37.2 Å². The highest BCUT2D eigenvalue weighted by Crippen LogP contribution is 2.23. The van der Waals surface area contributed by atoms with Crippen molar-refractivity contribution in [3.8, 4) is 0 Å². The Balaban J connectivity index is 1.66. The molecule has 0 unspecified atom stereocenters. The molecule has 0 spiro atoms. The van der Waals surface area contributed by atoms with E-state index >= 15 is 0 Å². The zero-order chi connectivity index (χ0) is 14.5. The Kier molecular flexibility index (Phi) is 4.97. The van der Waals surface area contributed by atoms with Crippen molar-refractivity contribution in [3.63, 3.8) is 0 Å². The maximum Gasteiger partial charge on any atom is 0.243 e. The molecule has 0 saturated carbocycles. The predicted octanol–water partition coefficient (Wildman–Crippen LogP) is 1.31. The molecule has 1 aromatic heterocycles. The number of hydrazine groups is 1. The Morgan fingerprint density at radius 3 is 2.52 bits per heavy atom. The summed E-state index contributed by atoms with van der Waals surface area (Å²) in [6.45, 7) is 2.94. The van der Waals surface area contributed by atoms with Crippen LogP contribution in [0.5, 0.6) is 0 Å². The third-order valence-corrected chi connectivity index (χ3v) is 5.08. The zero-order valence-corrected chi connectivity index (χ0v) is 13.0. The Morgan fingerprint density at radius 2 is 1.81 bits per heavy atom. The molecule has 2 aliphatic rings. The number of rotatable bonds is 5. The molecule has 7 nitrogen and oxygen atoms in total. The Hall–Kier alpha value is -1.28. The minimum atomic E-state index is 0.425. The minimum absolute atomic E-state index is 0.425. The second kappa shape index (κ2) is 7.13. The number of thioether (sulfide) groups is 1. The molecule has 0 aliphatic carbocycles. The molecule has 3 heterocycles. The van der Waals surface area contributed by atoms with Crippen molar-refractivity contribution < 1.29 is 0 Å². The summed E-state index contributed by atoms with van der Waals surface area (Å²) in [6.07, 6.45) is 4.92. The molecule has 21 heavy (non-hydrogen) atoms. The van der Waals surface area contributed by atoms with Gasteiger partial charge in [-0.3, -0.25) is 5.43 Å². The number of hydrogen-bond donors (Lipinski definition) is 3. The van der Waals surface area contributed by atoms with E-state index < -0.39 is 0 Å². The molecule has 0 bridgehead atoms. The van der Waals surface area contributed by atoms with Crippen molar-refractivity contribution >= 4 is 29.6 Å². The standard InChI is InChI=1S/C13H23N7S/c14-19-12-16-11(15-9-10-3-7-21-8-4-10)17-13(18-12)20-5-1-2-6-20/h10H,1-9,14H2,(H2,15,16,17,18,19). The van der Waals surface area contributed by atoms with Gasteiger partial charge in [0.05, 0.1) is 0 Å². The van der Waals surface area contributed by atoms with E-state index in [9.17, 15) is 0 Å². The van der Waals surface area contributed by atoms with Crippen molar-refractivity contribution in [2.75, 3.05) is 46.8 Å². The van der Waals surface area contributed by atoms with Crippen LogP contribution in [0.3, 0.4) is 0 Å². The van der Waals surface area contributed by atoms with Gasteiger partial charge in [0, 0.05) is 19.6 Å². The first-order valence-electron chi connectivity index (χ1n) is 7.64. The van der Waals surface area contributed by atoms with Crippen molar-refractivity contribution in [2.45, 2.75) is 25.7 Å². The van der Waals surface area contributed by atoms with Crippen LogP contribution in [0.2, 0.25) is 0 Å². The predicted molar refractivity (Wildman–Crippen MR) is 87.6 cm³/mol. The zero-order valence-electron chi connectivity index (χ0n) is 12.2. The molecule has 0 atom stereocenters. The third-order valence-electron chi connectivity index (χ3n) is 4.03. The van der Waals surface area contributed by atoms with Crippen LogP contribution in [-0.2, 0) is 0 Å². The lowest BCUT2D eigenvalue weighted by Gasteiger charge is -2.22. The van der Waals surface area contributed by atoms with Crippen LogP contribution in [0.15, 0.2) is 0 Å². The molecule has 4 N–H and O–H groups in total. The van der Waals surface area contributed by atoms with E-state index in [1.807, 2.05) is 11.8 Å². The molecule has 8 heteroatoms. The smallest absolute Gasteiger partial charge is 0.243 e. The number of hydrogen-bond acceptors (Lipinski definition) is 8. The number of nitrogens with zero attached hydrogens (tertiary/aromatic N) is 4. The fourth-order valence-electron chi connectivity index (χ4n) is 2.75. The molecule has 2 saturated heterocycles. The highest BCUT2D eigenvalue weighted by atomic mass is 32.2. The minimum Gasteiger partial charge on any atom is -0.354 e.